The van der Waals surface area contributed by atoms with Crippen molar-refractivity contribution in [3.05, 3.63) is 46.7 Å². The molecule has 0 aliphatic carbocycles. The number of aromatic nitrogens is 3. The summed E-state index contributed by atoms with van der Waals surface area (Å²) in [5, 5.41) is 20.8. The first-order valence-corrected chi connectivity index (χ1v) is 6.61. The van der Waals surface area contributed by atoms with Crippen molar-refractivity contribution in [2.24, 2.45) is 0 Å². The average Bonchev–Trinajstić information content (AvgIpc) is 2.86. The van der Waals surface area contributed by atoms with E-state index in [1.165, 1.54) is 0 Å². The molecular formula is C13H17ClN4O. The summed E-state index contributed by atoms with van der Waals surface area (Å²) in [6.07, 6.45) is 2.57. The summed E-state index contributed by atoms with van der Waals surface area (Å²) in [4.78, 5) is 0. The highest BCUT2D eigenvalue weighted by atomic mass is 35.5. The summed E-state index contributed by atoms with van der Waals surface area (Å²) in [7, 11) is 0. The standard InChI is InChI=1S/C13H17ClN4O/c14-13-5-2-1-4-11(13)8-15-9-12-10-18(17-16-12)6-3-7-19/h1-2,4-5,10,15,19H,3,6-9H2. The van der Waals surface area contributed by atoms with Crippen LogP contribution in [0.15, 0.2) is 30.5 Å². The molecule has 0 aliphatic rings. The third kappa shape index (κ3) is 4.31. The molecule has 2 rings (SSSR count). The Labute approximate surface area is 117 Å². The Balaban J connectivity index is 1.79. The highest BCUT2D eigenvalue weighted by Crippen LogP contribution is 2.14. The molecule has 0 amide bonds. The minimum Gasteiger partial charge on any atom is -0.396 e. The fourth-order valence-electron chi connectivity index (χ4n) is 1.73. The van der Waals surface area contributed by atoms with E-state index in [1.807, 2.05) is 30.5 Å². The van der Waals surface area contributed by atoms with Gasteiger partial charge in [-0.15, -0.1) is 5.10 Å². The lowest BCUT2D eigenvalue weighted by Crippen LogP contribution is -2.13. The van der Waals surface area contributed by atoms with Crippen LogP contribution in [0.4, 0.5) is 0 Å². The minimum atomic E-state index is 0.167. The molecule has 0 saturated heterocycles. The number of hydrogen-bond donors (Lipinski definition) is 2. The van der Waals surface area contributed by atoms with Gasteiger partial charge in [0, 0.05) is 37.5 Å². The van der Waals surface area contributed by atoms with Crippen LogP contribution < -0.4 is 5.32 Å². The second kappa shape index (κ2) is 7.23. The highest BCUT2D eigenvalue weighted by Gasteiger charge is 2.02. The number of nitrogens with zero attached hydrogens (tertiary/aromatic N) is 3. The first kappa shape index (κ1) is 14.0. The van der Waals surface area contributed by atoms with Crippen molar-refractivity contribution < 1.29 is 5.11 Å². The topological polar surface area (TPSA) is 63.0 Å². The predicted octanol–water partition coefficient (Wildman–Crippen LogP) is 1.60. The SMILES string of the molecule is OCCCn1cc(CNCc2ccccc2Cl)nn1. The van der Waals surface area contributed by atoms with Gasteiger partial charge in [0.1, 0.15) is 0 Å². The molecule has 1 heterocycles. The van der Waals surface area contributed by atoms with Gasteiger partial charge in [0.15, 0.2) is 0 Å². The van der Waals surface area contributed by atoms with Crippen molar-refractivity contribution in [1.29, 1.82) is 0 Å². The van der Waals surface area contributed by atoms with Crippen LogP contribution in [0.3, 0.4) is 0 Å². The van der Waals surface area contributed by atoms with Gasteiger partial charge in [0.25, 0.3) is 0 Å². The molecule has 0 radical (unpaired) electrons. The molecule has 5 nitrogen and oxygen atoms in total. The third-order valence-electron chi connectivity index (χ3n) is 2.71. The van der Waals surface area contributed by atoms with Crippen LogP contribution in [0.1, 0.15) is 17.7 Å². The van der Waals surface area contributed by atoms with E-state index in [9.17, 15) is 0 Å². The summed E-state index contributed by atoms with van der Waals surface area (Å²) in [6, 6.07) is 7.75. The van der Waals surface area contributed by atoms with Crippen molar-refractivity contribution in [3.63, 3.8) is 0 Å². The molecule has 102 valence electrons. The van der Waals surface area contributed by atoms with Gasteiger partial charge in [-0.3, -0.25) is 4.68 Å². The Kier molecular flexibility index (Phi) is 5.32. The van der Waals surface area contributed by atoms with Gasteiger partial charge in [-0.1, -0.05) is 35.0 Å². The Morgan fingerprint density at radius 3 is 2.89 bits per heavy atom. The molecule has 0 unspecified atom stereocenters. The van der Waals surface area contributed by atoms with Crippen LogP contribution in [-0.4, -0.2) is 26.7 Å². The normalized spacial score (nSPS) is 10.8. The van der Waals surface area contributed by atoms with E-state index in [-0.39, 0.29) is 6.61 Å². The molecule has 2 aromatic rings. The zero-order valence-electron chi connectivity index (χ0n) is 10.6. The molecule has 0 atom stereocenters. The second-order valence-corrected chi connectivity index (χ2v) is 4.65. The van der Waals surface area contributed by atoms with Crippen molar-refractivity contribution in [2.75, 3.05) is 6.61 Å². The summed E-state index contributed by atoms with van der Waals surface area (Å²) >= 11 is 6.07. The Hall–Kier alpha value is -1.43. The minimum absolute atomic E-state index is 0.167. The van der Waals surface area contributed by atoms with Crippen LogP contribution in [0, 0.1) is 0 Å². The molecular weight excluding hydrogens is 264 g/mol. The molecule has 0 fully saturated rings. The maximum absolute atomic E-state index is 8.74. The van der Waals surface area contributed by atoms with Gasteiger partial charge in [-0.25, -0.2) is 0 Å². The zero-order chi connectivity index (χ0) is 13.5. The van der Waals surface area contributed by atoms with Gasteiger partial charge in [0.05, 0.1) is 5.69 Å². The predicted molar refractivity (Wildman–Crippen MR) is 73.7 cm³/mol. The van der Waals surface area contributed by atoms with E-state index in [2.05, 4.69) is 15.6 Å². The summed E-state index contributed by atoms with van der Waals surface area (Å²) < 4.78 is 1.74. The zero-order valence-corrected chi connectivity index (χ0v) is 11.3. The number of aliphatic hydroxyl groups excluding tert-OH is 1. The third-order valence-corrected chi connectivity index (χ3v) is 3.08. The van der Waals surface area contributed by atoms with Gasteiger partial charge in [-0.05, 0) is 18.1 Å². The quantitative estimate of drug-likeness (QED) is 0.809. The molecule has 1 aromatic carbocycles. The smallest absolute Gasteiger partial charge is 0.0964 e. The summed E-state index contributed by atoms with van der Waals surface area (Å²) in [5.74, 6) is 0. The molecule has 0 saturated carbocycles. The first-order valence-electron chi connectivity index (χ1n) is 6.23. The first-order chi connectivity index (χ1) is 9.29. The van der Waals surface area contributed by atoms with Crippen LogP contribution in [-0.2, 0) is 19.6 Å². The van der Waals surface area contributed by atoms with Crippen LogP contribution in [0.25, 0.3) is 0 Å². The maximum Gasteiger partial charge on any atom is 0.0964 e. The monoisotopic (exact) mass is 280 g/mol. The number of benzene rings is 1. The van der Waals surface area contributed by atoms with E-state index in [0.717, 1.165) is 16.3 Å². The second-order valence-electron chi connectivity index (χ2n) is 4.25. The number of nitrogens with one attached hydrogen (secondary N) is 1. The van der Waals surface area contributed by atoms with Crippen molar-refractivity contribution in [3.8, 4) is 0 Å². The average molecular weight is 281 g/mol. The Morgan fingerprint density at radius 1 is 1.26 bits per heavy atom. The van der Waals surface area contributed by atoms with E-state index in [0.29, 0.717) is 26.1 Å². The van der Waals surface area contributed by atoms with E-state index in [1.54, 1.807) is 4.68 Å². The van der Waals surface area contributed by atoms with Crippen molar-refractivity contribution in [2.45, 2.75) is 26.1 Å². The van der Waals surface area contributed by atoms with Crippen molar-refractivity contribution in [1.82, 2.24) is 20.3 Å². The van der Waals surface area contributed by atoms with Crippen LogP contribution >= 0.6 is 11.6 Å². The molecule has 0 bridgehead atoms. The number of aryl methyl sites for hydroxylation is 1. The van der Waals surface area contributed by atoms with Crippen LogP contribution in [0.2, 0.25) is 5.02 Å². The largest absolute Gasteiger partial charge is 0.396 e. The summed E-state index contributed by atoms with van der Waals surface area (Å²) in [6.45, 7) is 2.20. The van der Waals surface area contributed by atoms with Gasteiger partial charge in [-0.2, -0.15) is 0 Å². The lowest BCUT2D eigenvalue weighted by molar-refractivity contribution is 0.276. The number of hydrogen-bond acceptors (Lipinski definition) is 4. The maximum atomic E-state index is 8.74. The molecule has 2 N–H and O–H groups in total. The molecule has 6 heteroatoms. The van der Waals surface area contributed by atoms with Gasteiger partial charge < -0.3 is 10.4 Å². The van der Waals surface area contributed by atoms with Gasteiger partial charge in [0.2, 0.25) is 0 Å². The number of rotatable bonds is 7. The molecule has 0 spiro atoms. The number of halogens is 1. The van der Waals surface area contributed by atoms with E-state index >= 15 is 0 Å². The van der Waals surface area contributed by atoms with Gasteiger partial charge >= 0.3 is 0 Å². The lowest BCUT2D eigenvalue weighted by Gasteiger charge is -2.04. The highest BCUT2D eigenvalue weighted by molar-refractivity contribution is 6.31. The Bertz CT molecular complexity index is 515. The lowest BCUT2D eigenvalue weighted by atomic mass is 10.2. The van der Waals surface area contributed by atoms with E-state index in [4.69, 9.17) is 16.7 Å². The molecule has 19 heavy (non-hydrogen) atoms. The summed E-state index contributed by atoms with van der Waals surface area (Å²) in [5.41, 5.74) is 1.95. The fraction of sp³-hybridized carbons (Fsp3) is 0.385. The molecule has 0 aliphatic heterocycles. The number of aliphatic hydroxyl groups is 1. The van der Waals surface area contributed by atoms with E-state index < -0.39 is 0 Å². The Morgan fingerprint density at radius 2 is 2.11 bits per heavy atom. The van der Waals surface area contributed by atoms with Crippen LogP contribution in [0.5, 0.6) is 0 Å². The van der Waals surface area contributed by atoms with Crippen molar-refractivity contribution >= 4 is 11.6 Å². The fourth-order valence-corrected chi connectivity index (χ4v) is 1.93. The molecule has 1 aromatic heterocycles.